The largest absolute Gasteiger partial charge is 0.493 e. The topological polar surface area (TPSA) is 76.1 Å². The van der Waals surface area contributed by atoms with Gasteiger partial charge in [-0.25, -0.2) is 0 Å². The fourth-order valence-electron chi connectivity index (χ4n) is 3.09. The van der Waals surface area contributed by atoms with Crippen LogP contribution in [-0.4, -0.2) is 48.7 Å². The fourth-order valence-corrected chi connectivity index (χ4v) is 3.09. The molecule has 1 aromatic rings. The molecule has 0 bridgehead atoms. The number of amides is 1. The van der Waals surface area contributed by atoms with Crippen molar-refractivity contribution in [3.63, 3.8) is 0 Å². The van der Waals surface area contributed by atoms with Crippen LogP contribution in [0, 0.1) is 11.8 Å². The molecule has 2 rings (SSSR count). The number of ether oxygens (including phenoxy) is 2. The Hall–Kier alpha value is -2.50. The Balaban J connectivity index is 1.94. The van der Waals surface area contributed by atoms with Crippen LogP contribution in [0.3, 0.4) is 0 Å². The predicted molar refractivity (Wildman–Crippen MR) is 93.9 cm³/mol. The summed E-state index contributed by atoms with van der Waals surface area (Å²) in [7, 11) is 1.56. The third-order valence-corrected chi connectivity index (χ3v) is 4.53. The predicted octanol–water partition coefficient (Wildman–Crippen LogP) is 2.37. The number of carbonyl (C=O) groups excluding carboxylic acids is 1. The van der Waals surface area contributed by atoms with Gasteiger partial charge >= 0.3 is 5.97 Å². The van der Waals surface area contributed by atoms with Crippen LogP contribution < -0.4 is 9.47 Å². The standard InChI is InChI=1S/C19H25NO5/c1-4-5-14-6-7-16(17(10-14)24-3)25-12-18(21)20-9-8-15(19(22)23)13(2)11-20/h4,6-7,10,13,15H,1,5,8-9,11-12H2,2-3H3,(H,22,23). The van der Waals surface area contributed by atoms with Gasteiger partial charge in [0.1, 0.15) is 0 Å². The van der Waals surface area contributed by atoms with E-state index in [0.717, 1.165) is 12.0 Å². The Morgan fingerprint density at radius 2 is 2.16 bits per heavy atom. The van der Waals surface area contributed by atoms with E-state index >= 15 is 0 Å². The molecule has 0 aliphatic carbocycles. The van der Waals surface area contributed by atoms with Gasteiger partial charge in [0.25, 0.3) is 5.91 Å². The maximum Gasteiger partial charge on any atom is 0.306 e. The fraction of sp³-hybridized carbons (Fsp3) is 0.474. The van der Waals surface area contributed by atoms with E-state index in [1.54, 1.807) is 24.2 Å². The van der Waals surface area contributed by atoms with Crippen LogP contribution in [0.1, 0.15) is 18.9 Å². The molecular weight excluding hydrogens is 322 g/mol. The molecule has 1 aliphatic heterocycles. The molecule has 2 atom stereocenters. The number of likely N-dealkylation sites (tertiary alicyclic amines) is 1. The summed E-state index contributed by atoms with van der Waals surface area (Å²) in [5.74, 6) is -0.305. The highest BCUT2D eigenvalue weighted by molar-refractivity contribution is 5.78. The van der Waals surface area contributed by atoms with E-state index in [1.165, 1.54) is 0 Å². The summed E-state index contributed by atoms with van der Waals surface area (Å²) in [6.45, 7) is 6.36. The first-order valence-electron chi connectivity index (χ1n) is 8.37. The van der Waals surface area contributed by atoms with E-state index in [2.05, 4.69) is 6.58 Å². The molecule has 6 heteroatoms. The number of benzene rings is 1. The van der Waals surface area contributed by atoms with Gasteiger partial charge in [-0.1, -0.05) is 19.1 Å². The second-order valence-electron chi connectivity index (χ2n) is 6.32. The van der Waals surface area contributed by atoms with Crippen molar-refractivity contribution in [2.45, 2.75) is 19.8 Å². The van der Waals surface area contributed by atoms with Gasteiger partial charge in [-0.2, -0.15) is 0 Å². The molecule has 1 amide bonds. The normalized spacial score (nSPS) is 20.0. The summed E-state index contributed by atoms with van der Waals surface area (Å²) < 4.78 is 10.9. The van der Waals surface area contributed by atoms with Crippen molar-refractivity contribution in [1.29, 1.82) is 0 Å². The van der Waals surface area contributed by atoms with Crippen molar-refractivity contribution in [3.05, 3.63) is 36.4 Å². The highest BCUT2D eigenvalue weighted by Gasteiger charge is 2.33. The molecule has 25 heavy (non-hydrogen) atoms. The minimum Gasteiger partial charge on any atom is -0.493 e. The summed E-state index contributed by atoms with van der Waals surface area (Å²) in [5, 5.41) is 9.16. The average molecular weight is 347 g/mol. The number of aliphatic carboxylic acids is 1. The SMILES string of the molecule is C=CCc1ccc(OCC(=O)N2CCC(C(=O)O)C(C)C2)c(OC)c1. The van der Waals surface area contributed by atoms with Crippen LogP contribution in [0.15, 0.2) is 30.9 Å². The number of nitrogens with zero attached hydrogens (tertiary/aromatic N) is 1. The number of hydrogen-bond acceptors (Lipinski definition) is 4. The third-order valence-electron chi connectivity index (χ3n) is 4.53. The van der Waals surface area contributed by atoms with Crippen molar-refractivity contribution in [3.8, 4) is 11.5 Å². The molecule has 1 aromatic carbocycles. The average Bonchev–Trinajstić information content (AvgIpc) is 2.60. The van der Waals surface area contributed by atoms with Crippen LogP contribution in [0.5, 0.6) is 11.5 Å². The summed E-state index contributed by atoms with van der Waals surface area (Å²) in [4.78, 5) is 25.2. The molecule has 1 N–H and O–H groups in total. The molecule has 1 aliphatic rings. The number of carbonyl (C=O) groups is 2. The minimum atomic E-state index is -0.791. The van der Waals surface area contributed by atoms with Gasteiger partial charge in [-0.15, -0.1) is 6.58 Å². The van der Waals surface area contributed by atoms with E-state index in [1.807, 2.05) is 19.1 Å². The number of methoxy groups -OCH3 is 1. The Kier molecular flexibility index (Phi) is 6.44. The van der Waals surface area contributed by atoms with E-state index in [0.29, 0.717) is 31.0 Å². The molecule has 1 fully saturated rings. The van der Waals surface area contributed by atoms with Crippen molar-refractivity contribution in [1.82, 2.24) is 4.90 Å². The van der Waals surface area contributed by atoms with E-state index in [4.69, 9.17) is 14.6 Å². The van der Waals surface area contributed by atoms with Gasteiger partial charge in [-0.3, -0.25) is 9.59 Å². The number of carboxylic acids is 1. The number of piperidine rings is 1. The van der Waals surface area contributed by atoms with Gasteiger partial charge in [0.05, 0.1) is 13.0 Å². The summed E-state index contributed by atoms with van der Waals surface area (Å²) in [5.41, 5.74) is 1.05. The van der Waals surface area contributed by atoms with Gasteiger partial charge in [0, 0.05) is 13.1 Å². The molecule has 1 heterocycles. The van der Waals surface area contributed by atoms with E-state index in [9.17, 15) is 9.59 Å². The van der Waals surface area contributed by atoms with Crippen molar-refractivity contribution < 1.29 is 24.2 Å². The van der Waals surface area contributed by atoms with E-state index in [-0.39, 0.29) is 24.3 Å². The van der Waals surface area contributed by atoms with Gasteiger partial charge in [0.15, 0.2) is 18.1 Å². The van der Waals surface area contributed by atoms with Gasteiger partial charge in [-0.05, 0) is 36.5 Å². The quantitative estimate of drug-likeness (QED) is 0.767. The first-order valence-corrected chi connectivity index (χ1v) is 8.37. The summed E-state index contributed by atoms with van der Waals surface area (Å²) in [6.07, 6.45) is 3.01. The highest BCUT2D eigenvalue weighted by atomic mass is 16.5. The lowest BCUT2D eigenvalue weighted by atomic mass is 9.87. The van der Waals surface area contributed by atoms with Crippen LogP contribution >= 0.6 is 0 Å². The second kappa shape index (κ2) is 8.55. The zero-order valence-corrected chi connectivity index (χ0v) is 14.7. The zero-order chi connectivity index (χ0) is 18.4. The van der Waals surface area contributed by atoms with Crippen LogP contribution in [0.25, 0.3) is 0 Å². The highest BCUT2D eigenvalue weighted by Crippen LogP contribution is 2.29. The van der Waals surface area contributed by atoms with Gasteiger partial charge in [0.2, 0.25) is 0 Å². The lowest BCUT2D eigenvalue weighted by Crippen LogP contribution is -2.46. The number of hydrogen-bond donors (Lipinski definition) is 1. The molecule has 1 saturated heterocycles. The Morgan fingerprint density at radius 3 is 2.76 bits per heavy atom. The van der Waals surface area contributed by atoms with Crippen molar-refractivity contribution in [2.24, 2.45) is 11.8 Å². The monoisotopic (exact) mass is 347 g/mol. The maximum absolute atomic E-state index is 12.4. The molecule has 0 spiro atoms. The molecular formula is C19H25NO5. The summed E-state index contributed by atoms with van der Waals surface area (Å²) in [6, 6.07) is 5.55. The first-order chi connectivity index (χ1) is 12.0. The Bertz CT molecular complexity index is 643. The lowest BCUT2D eigenvalue weighted by Gasteiger charge is -2.34. The Labute approximate surface area is 148 Å². The first kappa shape index (κ1) is 18.8. The van der Waals surface area contributed by atoms with Crippen LogP contribution in [-0.2, 0) is 16.0 Å². The molecule has 0 radical (unpaired) electrons. The third kappa shape index (κ3) is 4.75. The number of rotatable bonds is 7. The lowest BCUT2D eigenvalue weighted by molar-refractivity contribution is -0.148. The second-order valence-corrected chi connectivity index (χ2v) is 6.32. The molecule has 0 saturated carbocycles. The molecule has 2 unspecified atom stereocenters. The van der Waals surface area contributed by atoms with Crippen molar-refractivity contribution >= 4 is 11.9 Å². The number of allylic oxidation sites excluding steroid dienone is 1. The minimum absolute atomic E-state index is 0.0667. The van der Waals surface area contributed by atoms with Gasteiger partial charge < -0.3 is 19.5 Å². The molecule has 136 valence electrons. The van der Waals surface area contributed by atoms with E-state index < -0.39 is 5.97 Å². The molecule has 6 nitrogen and oxygen atoms in total. The van der Waals surface area contributed by atoms with Crippen LogP contribution in [0.4, 0.5) is 0 Å². The van der Waals surface area contributed by atoms with Crippen LogP contribution in [0.2, 0.25) is 0 Å². The Morgan fingerprint density at radius 1 is 1.40 bits per heavy atom. The smallest absolute Gasteiger partial charge is 0.306 e. The van der Waals surface area contributed by atoms with Crippen molar-refractivity contribution in [2.75, 3.05) is 26.8 Å². The zero-order valence-electron chi connectivity index (χ0n) is 14.7. The molecule has 0 aromatic heterocycles. The maximum atomic E-state index is 12.4. The summed E-state index contributed by atoms with van der Waals surface area (Å²) >= 11 is 0. The number of carboxylic acid groups (broad SMARTS) is 1.